The lowest BCUT2D eigenvalue weighted by atomic mass is 10.4. The third-order valence-corrected chi connectivity index (χ3v) is 1.21. The molecular formula is C7H10N4O2. The molecule has 0 aliphatic carbocycles. The fraction of sp³-hybridized carbons (Fsp3) is 0.286. The Morgan fingerprint density at radius 2 is 2.54 bits per heavy atom. The second-order valence-corrected chi connectivity index (χ2v) is 2.28. The Kier molecular flexibility index (Phi) is 3.80. The van der Waals surface area contributed by atoms with Crippen molar-refractivity contribution in [3.05, 3.63) is 24.3 Å². The lowest BCUT2D eigenvalue weighted by Crippen LogP contribution is -2.24. The molecule has 0 unspecified atom stereocenters. The molecule has 0 radical (unpaired) electrons. The van der Waals surface area contributed by atoms with Crippen molar-refractivity contribution in [1.82, 2.24) is 15.4 Å². The monoisotopic (exact) mass is 182 g/mol. The van der Waals surface area contributed by atoms with Gasteiger partial charge in [0, 0.05) is 6.20 Å². The molecule has 1 aromatic rings. The number of hydroxylamine groups is 1. The highest BCUT2D eigenvalue weighted by Crippen LogP contribution is 1.88. The highest BCUT2D eigenvalue weighted by atomic mass is 16.6. The van der Waals surface area contributed by atoms with Gasteiger partial charge in [-0.3, -0.25) is 9.63 Å². The molecule has 0 aliphatic rings. The zero-order chi connectivity index (χ0) is 9.52. The second-order valence-electron chi connectivity index (χ2n) is 2.28. The number of rotatable bonds is 5. The van der Waals surface area contributed by atoms with Crippen molar-refractivity contribution >= 4 is 5.91 Å². The number of aromatic nitrogens is 2. The van der Waals surface area contributed by atoms with Crippen molar-refractivity contribution < 1.29 is 9.63 Å². The number of nitrogens with two attached hydrogens (primary N) is 1. The Bertz CT molecular complexity index is 264. The number of nitrogens with zero attached hydrogens (tertiary/aromatic N) is 2. The van der Waals surface area contributed by atoms with E-state index in [2.05, 4.69) is 15.4 Å². The molecule has 3 N–H and O–H groups in total. The van der Waals surface area contributed by atoms with Gasteiger partial charge < -0.3 is 5.73 Å². The average Bonchev–Trinajstić information content (AvgIpc) is 2.14. The SMILES string of the molecule is NC(=O)CONCc1ccncn1. The van der Waals surface area contributed by atoms with Gasteiger partial charge in [0.2, 0.25) is 5.91 Å². The van der Waals surface area contributed by atoms with E-state index < -0.39 is 5.91 Å². The van der Waals surface area contributed by atoms with E-state index in [4.69, 9.17) is 10.6 Å². The van der Waals surface area contributed by atoms with E-state index in [-0.39, 0.29) is 6.61 Å². The molecule has 1 rings (SSSR count). The van der Waals surface area contributed by atoms with Gasteiger partial charge in [-0.05, 0) is 6.07 Å². The van der Waals surface area contributed by atoms with Crippen LogP contribution in [0.2, 0.25) is 0 Å². The number of hydrogen-bond donors (Lipinski definition) is 2. The smallest absolute Gasteiger partial charge is 0.245 e. The first-order valence-electron chi connectivity index (χ1n) is 3.67. The van der Waals surface area contributed by atoms with Gasteiger partial charge in [-0.1, -0.05) is 0 Å². The van der Waals surface area contributed by atoms with Gasteiger partial charge in [0.15, 0.2) is 0 Å². The van der Waals surface area contributed by atoms with Gasteiger partial charge in [0.25, 0.3) is 0 Å². The molecule has 0 aliphatic heterocycles. The maximum Gasteiger partial charge on any atom is 0.245 e. The number of nitrogens with one attached hydrogen (secondary N) is 1. The van der Waals surface area contributed by atoms with Crippen LogP contribution in [0.25, 0.3) is 0 Å². The van der Waals surface area contributed by atoms with Crippen LogP contribution in [0.3, 0.4) is 0 Å². The Balaban J connectivity index is 2.17. The summed E-state index contributed by atoms with van der Waals surface area (Å²) in [5, 5.41) is 0. The van der Waals surface area contributed by atoms with Crippen LogP contribution in [0.1, 0.15) is 5.69 Å². The molecule has 1 aromatic heterocycles. The molecule has 0 saturated carbocycles. The molecule has 70 valence electrons. The molecule has 0 bridgehead atoms. The highest BCUT2D eigenvalue weighted by Gasteiger charge is 1.94. The van der Waals surface area contributed by atoms with Crippen LogP contribution >= 0.6 is 0 Å². The van der Waals surface area contributed by atoms with E-state index in [1.54, 1.807) is 12.3 Å². The zero-order valence-corrected chi connectivity index (χ0v) is 6.93. The lowest BCUT2D eigenvalue weighted by Gasteiger charge is -2.02. The van der Waals surface area contributed by atoms with E-state index in [1.807, 2.05) is 0 Å². The minimum atomic E-state index is -0.518. The zero-order valence-electron chi connectivity index (χ0n) is 6.93. The number of carbonyl (C=O) groups excluding carboxylic acids is 1. The fourth-order valence-electron chi connectivity index (χ4n) is 0.670. The van der Waals surface area contributed by atoms with Crippen LogP contribution < -0.4 is 11.2 Å². The third kappa shape index (κ3) is 4.14. The lowest BCUT2D eigenvalue weighted by molar-refractivity contribution is -0.125. The normalized spacial score (nSPS) is 9.85. The summed E-state index contributed by atoms with van der Waals surface area (Å²) in [7, 11) is 0. The van der Waals surface area contributed by atoms with Crippen LogP contribution in [-0.2, 0) is 16.2 Å². The van der Waals surface area contributed by atoms with Crippen LogP contribution in [0, 0.1) is 0 Å². The topological polar surface area (TPSA) is 90.1 Å². The standard InChI is InChI=1S/C7H10N4O2/c8-7(12)4-13-11-3-6-1-2-9-5-10-6/h1-2,5,11H,3-4H2,(H2,8,12). The molecular weight excluding hydrogens is 172 g/mol. The van der Waals surface area contributed by atoms with E-state index in [0.717, 1.165) is 5.69 Å². The predicted molar refractivity (Wildman–Crippen MR) is 44.0 cm³/mol. The molecule has 0 spiro atoms. The second kappa shape index (κ2) is 5.18. The van der Waals surface area contributed by atoms with Gasteiger partial charge in [0.05, 0.1) is 12.2 Å². The first-order chi connectivity index (χ1) is 6.29. The van der Waals surface area contributed by atoms with Crippen molar-refractivity contribution in [3.8, 4) is 0 Å². The van der Waals surface area contributed by atoms with Crippen molar-refractivity contribution in [2.24, 2.45) is 5.73 Å². The number of carbonyl (C=O) groups is 1. The van der Waals surface area contributed by atoms with Gasteiger partial charge in [-0.15, -0.1) is 0 Å². The van der Waals surface area contributed by atoms with Crippen LogP contribution in [0.15, 0.2) is 18.6 Å². The van der Waals surface area contributed by atoms with E-state index in [0.29, 0.717) is 6.54 Å². The van der Waals surface area contributed by atoms with E-state index >= 15 is 0 Å². The summed E-state index contributed by atoms with van der Waals surface area (Å²) in [6.07, 6.45) is 3.06. The molecule has 0 aromatic carbocycles. The van der Waals surface area contributed by atoms with Crippen LogP contribution in [0.5, 0.6) is 0 Å². The summed E-state index contributed by atoms with van der Waals surface area (Å²) >= 11 is 0. The largest absolute Gasteiger partial charge is 0.368 e. The Labute approximate surface area is 75.1 Å². The first-order valence-corrected chi connectivity index (χ1v) is 3.67. The fourth-order valence-corrected chi connectivity index (χ4v) is 0.670. The van der Waals surface area contributed by atoms with Crippen LogP contribution in [0.4, 0.5) is 0 Å². The molecule has 0 fully saturated rings. The van der Waals surface area contributed by atoms with Crippen molar-refractivity contribution in [1.29, 1.82) is 0 Å². The van der Waals surface area contributed by atoms with Gasteiger partial charge in [-0.25, -0.2) is 9.97 Å². The molecule has 6 heteroatoms. The molecule has 13 heavy (non-hydrogen) atoms. The first kappa shape index (κ1) is 9.56. The number of amides is 1. The van der Waals surface area contributed by atoms with Gasteiger partial charge >= 0.3 is 0 Å². The Morgan fingerprint density at radius 3 is 3.15 bits per heavy atom. The summed E-state index contributed by atoms with van der Waals surface area (Å²) in [5.41, 5.74) is 8.16. The van der Waals surface area contributed by atoms with Crippen LogP contribution in [-0.4, -0.2) is 22.5 Å². The van der Waals surface area contributed by atoms with Crippen molar-refractivity contribution in [3.63, 3.8) is 0 Å². The summed E-state index contributed by atoms with van der Waals surface area (Å²) < 4.78 is 0. The molecule has 1 amide bonds. The number of primary amides is 1. The Morgan fingerprint density at radius 1 is 1.69 bits per heavy atom. The average molecular weight is 182 g/mol. The third-order valence-electron chi connectivity index (χ3n) is 1.21. The number of hydrogen-bond acceptors (Lipinski definition) is 5. The highest BCUT2D eigenvalue weighted by molar-refractivity contribution is 5.74. The minimum Gasteiger partial charge on any atom is -0.368 e. The molecule has 0 atom stereocenters. The van der Waals surface area contributed by atoms with E-state index in [1.165, 1.54) is 6.33 Å². The maximum absolute atomic E-state index is 10.2. The van der Waals surface area contributed by atoms with Gasteiger partial charge in [-0.2, -0.15) is 5.48 Å². The molecule has 0 saturated heterocycles. The Hall–Kier alpha value is -1.53. The summed E-state index contributed by atoms with van der Waals surface area (Å²) in [4.78, 5) is 22.6. The van der Waals surface area contributed by atoms with Crippen molar-refractivity contribution in [2.45, 2.75) is 6.54 Å². The summed E-state index contributed by atoms with van der Waals surface area (Å²) in [6, 6.07) is 1.74. The minimum absolute atomic E-state index is 0.148. The molecule has 6 nitrogen and oxygen atoms in total. The van der Waals surface area contributed by atoms with Gasteiger partial charge in [0.1, 0.15) is 12.9 Å². The predicted octanol–water partition coefficient (Wildman–Crippen LogP) is -1.02. The summed E-state index contributed by atoms with van der Waals surface area (Å²) in [6.45, 7) is 0.265. The summed E-state index contributed by atoms with van der Waals surface area (Å²) in [5.74, 6) is -0.518. The quantitative estimate of drug-likeness (QED) is 0.449. The van der Waals surface area contributed by atoms with Crippen molar-refractivity contribution in [2.75, 3.05) is 6.61 Å². The van der Waals surface area contributed by atoms with E-state index in [9.17, 15) is 4.79 Å². The maximum atomic E-state index is 10.2. The molecule has 1 heterocycles.